The molecule has 1 aliphatic heterocycles. The minimum Gasteiger partial charge on any atom is -0.452 e. The molecule has 0 radical (unpaired) electrons. The van der Waals surface area contributed by atoms with Crippen molar-refractivity contribution < 1.29 is 22.7 Å². The summed E-state index contributed by atoms with van der Waals surface area (Å²) in [5, 5.41) is 4.41. The molecule has 0 aliphatic carbocycles. The lowest BCUT2D eigenvalue weighted by atomic mass is 10.2. The maximum atomic E-state index is 12.6. The topological polar surface area (TPSA) is 98.6 Å². The highest BCUT2D eigenvalue weighted by atomic mass is 32.2. The number of benzene rings is 1. The standard InChI is InChI=1S/C20H25N3O5S/c1-4-22(17-10-11-29(26,27)13-17)18(24)12-28-20(25)19-14(2)21-23(15(19)3)16-8-6-5-7-9-16/h5-9,17H,4,10-13H2,1-3H3/t17-/m0/s1. The molecule has 0 saturated carbocycles. The fourth-order valence-electron chi connectivity index (χ4n) is 3.70. The highest BCUT2D eigenvalue weighted by Gasteiger charge is 2.34. The minimum absolute atomic E-state index is 0.0391. The largest absolute Gasteiger partial charge is 0.452 e. The van der Waals surface area contributed by atoms with Crippen LogP contribution in [0.5, 0.6) is 0 Å². The van der Waals surface area contributed by atoms with Gasteiger partial charge in [-0.05, 0) is 39.3 Å². The van der Waals surface area contributed by atoms with E-state index in [4.69, 9.17) is 4.74 Å². The van der Waals surface area contributed by atoms with Gasteiger partial charge in [0, 0.05) is 12.6 Å². The lowest BCUT2D eigenvalue weighted by Crippen LogP contribution is -2.43. The summed E-state index contributed by atoms with van der Waals surface area (Å²) < 4.78 is 30.3. The number of amides is 1. The zero-order chi connectivity index (χ0) is 21.2. The van der Waals surface area contributed by atoms with E-state index in [0.717, 1.165) is 5.69 Å². The predicted octanol–water partition coefficient (Wildman–Crippen LogP) is 1.68. The Balaban J connectivity index is 1.69. The summed E-state index contributed by atoms with van der Waals surface area (Å²) in [5.41, 5.74) is 2.29. The van der Waals surface area contributed by atoms with Crippen LogP contribution in [0.15, 0.2) is 30.3 Å². The molecule has 8 nitrogen and oxygen atoms in total. The van der Waals surface area contributed by atoms with Crippen molar-refractivity contribution in [2.45, 2.75) is 33.2 Å². The monoisotopic (exact) mass is 419 g/mol. The van der Waals surface area contributed by atoms with Crippen LogP contribution in [0.3, 0.4) is 0 Å². The Morgan fingerprint density at radius 3 is 2.52 bits per heavy atom. The Morgan fingerprint density at radius 2 is 1.93 bits per heavy atom. The number of hydrogen-bond acceptors (Lipinski definition) is 6. The molecule has 29 heavy (non-hydrogen) atoms. The lowest BCUT2D eigenvalue weighted by molar-refractivity contribution is -0.136. The molecule has 1 aromatic carbocycles. The Bertz CT molecular complexity index is 1010. The van der Waals surface area contributed by atoms with Crippen molar-refractivity contribution in [1.29, 1.82) is 0 Å². The quantitative estimate of drug-likeness (QED) is 0.661. The normalized spacial score (nSPS) is 17.8. The molecule has 0 bridgehead atoms. The van der Waals surface area contributed by atoms with E-state index in [1.54, 1.807) is 25.5 Å². The Morgan fingerprint density at radius 1 is 1.24 bits per heavy atom. The molecule has 1 amide bonds. The van der Waals surface area contributed by atoms with Gasteiger partial charge in [0.15, 0.2) is 16.4 Å². The van der Waals surface area contributed by atoms with E-state index in [1.165, 1.54) is 4.90 Å². The van der Waals surface area contributed by atoms with Crippen LogP contribution < -0.4 is 0 Å². The fourth-order valence-corrected chi connectivity index (χ4v) is 5.43. The first-order chi connectivity index (χ1) is 13.7. The summed E-state index contributed by atoms with van der Waals surface area (Å²) >= 11 is 0. The molecule has 2 heterocycles. The van der Waals surface area contributed by atoms with Crippen LogP contribution in [-0.4, -0.2) is 65.7 Å². The van der Waals surface area contributed by atoms with Gasteiger partial charge in [-0.3, -0.25) is 4.79 Å². The van der Waals surface area contributed by atoms with Crippen LogP contribution in [-0.2, 0) is 19.4 Å². The molecule has 0 spiro atoms. The number of hydrogen-bond donors (Lipinski definition) is 0. The van der Waals surface area contributed by atoms with E-state index in [9.17, 15) is 18.0 Å². The number of aryl methyl sites for hydroxylation is 1. The third-order valence-electron chi connectivity index (χ3n) is 5.13. The molecule has 156 valence electrons. The maximum Gasteiger partial charge on any atom is 0.342 e. The van der Waals surface area contributed by atoms with Gasteiger partial charge in [-0.25, -0.2) is 17.9 Å². The molecular weight excluding hydrogens is 394 g/mol. The van der Waals surface area contributed by atoms with Crippen LogP contribution in [0.4, 0.5) is 0 Å². The van der Waals surface area contributed by atoms with Gasteiger partial charge in [0.05, 0.1) is 28.6 Å². The number of carbonyl (C=O) groups excluding carboxylic acids is 2. The number of esters is 1. The molecule has 2 aromatic rings. The highest BCUT2D eigenvalue weighted by molar-refractivity contribution is 7.91. The minimum atomic E-state index is -3.11. The van der Waals surface area contributed by atoms with Gasteiger partial charge in [-0.1, -0.05) is 18.2 Å². The summed E-state index contributed by atoms with van der Waals surface area (Å²) in [6.07, 6.45) is 0.415. The first-order valence-electron chi connectivity index (χ1n) is 9.52. The third-order valence-corrected chi connectivity index (χ3v) is 6.88. The Kier molecular flexibility index (Phi) is 6.07. The van der Waals surface area contributed by atoms with Crippen LogP contribution >= 0.6 is 0 Å². The van der Waals surface area contributed by atoms with E-state index in [2.05, 4.69) is 5.10 Å². The molecule has 1 aromatic heterocycles. The van der Waals surface area contributed by atoms with Gasteiger partial charge in [0.1, 0.15) is 5.56 Å². The van der Waals surface area contributed by atoms with Crippen LogP contribution in [0, 0.1) is 13.8 Å². The molecule has 0 N–H and O–H groups in total. The van der Waals surface area contributed by atoms with Crippen molar-refractivity contribution in [3.8, 4) is 5.69 Å². The first-order valence-corrected chi connectivity index (χ1v) is 11.3. The predicted molar refractivity (Wildman–Crippen MR) is 108 cm³/mol. The summed E-state index contributed by atoms with van der Waals surface area (Å²) in [6, 6.07) is 9.06. The summed E-state index contributed by atoms with van der Waals surface area (Å²) in [4.78, 5) is 26.6. The number of para-hydroxylation sites is 1. The van der Waals surface area contributed by atoms with Gasteiger partial charge >= 0.3 is 5.97 Å². The SMILES string of the molecule is CCN(C(=O)COC(=O)c1c(C)nn(-c2ccccc2)c1C)[C@H]1CCS(=O)(=O)C1. The molecule has 1 saturated heterocycles. The second kappa shape index (κ2) is 8.36. The summed E-state index contributed by atoms with van der Waals surface area (Å²) in [7, 11) is -3.11. The van der Waals surface area contributed by atoms with E-state index < -0.39 is 28.3 Å². The smallest absolute Gasteiger partial charge is 0.342 e. The Labute approximate surface area is 170 Å². The van der Waals surface area contributed by atoms with Gasteiger partial charge in [0.2, 0.25) is 0 Å². The first kappa shape index (κ1) is 21.0. The zero-order valence-corrected chi connectivity index (χ0v) is 17.6. The van der Waals surface area contributed by atoms with Crippen LogP contribution in [0.2, 0.25) is 0 Å². The average Bonchev–Trinajstić information content (AvgIpc) is 3.19. The average molecular weight is 420 g/mol. The van der Waals surface area contributed by atoms with Crippen LogP contribution in [0.25, 0.3) is 5.69 Å². The summed E-state index contributed by atoms with van der Waals surface area (Å²) in [6.45, 7) is 5.20. The third kappa shape index (κ3) is 4.50. The second-order valence-corrected chi connectivity index (χ2v) is 9.33. The van der Waals surface area contributed by atoms with Gasteiger partial charge in [-0.15, -0.1) is 0 Å². The maximum absolute atomic E-state index is 12.6. The van der Waals surface area contributed by atoms with E-state index in [0.29, 0.717) is 29.9 Å². The van der Waals surface area contributed by atoms with Crippen molar-refractivity contribution in [3.63, 3.8) is 0 Å². The summed E-state index contributed by atoms with van der Waals surface area (Å²) in [5.74, 6) is -0.972. The molecule has 3 rings (SSSR count). The van der Waals surface area contributed by atoms with E-state index >= 15 is 0 Å². The Hall–Kier alpha value is -2.68. The number of ether oxygens (including phenoxy) is 1. The molecule has 9 heteroatoms. The number of nitrogens with zero attached hydrogens (tertiary/aromatic N) is 3. The van der Waals surface area contributed by atoms with Gasteiger partial charge in [0.25, 0.3) is 5.91 Å². The molecule has 1 atom stereocenters. The number of aromatic nitrogens is 2. The van der Waals surface area contributed by atoms with E-state index in [1.807, 2.05) is 30.3 Å². The van der Waals surface area contributed by atoms with Gasteiger partial charge in [-0.2, -0.15) is 5.10 Å². The fraction of sp³-hybridized carbons (Fsp3) is 0.450. The highest BCUT2D eigenvalue weighted by Crippen LogP contribution is 2.20. The molecule has 0 unspecified atom stereocenters. The second-order valence-electron chi connectivity index (χ2n) is 7.11. The molecule has 1 aliphatic rings. The van der Waals surface area contributed by atoms with Crippen molar-refractivity contribution in [3.05, 3.63) is 47.3 Å². The zero-order valence-electron chi connectivity index (χ0n) is 16.8. The number of carbonyl (C=O) groups is 2. The van der Waals surface area contributed by atoms with E-state index in [-0.39, 0.29) is 17.5 Å². The number of rotatable bonds is 6. The lowest BCUT2D eigenvalue weighted by Gasteiger charge is -2.26. The van der Waals surface area contributed by atoms with Crippen molar-refractivity contribution >= 4 is 21.7 Å². The van der Waals surface area contributed by atoms with Crippen molar-refractivity contribution in [1.82, 2.24) is 14.7 Å². The van der Waals surface area contributed by atoms with Crippen LogP contribution in [0.1, 0.15) is 35.1 Å². The van der Waals surface area contributed by atoms with Gasteiger partial charge < -0.3 is 9.64 Å². The molecule has 1 fully saturated rings. The number of likely N-dealkylation sites (N-methyl/N-ethyl adjacent to an activating group) is 1. The van der Waals surface area contributed by atoms with Crippen molar-refractivity contribution in [2.75, 3.05) is 24.7 Å². The van der Waals surface area contributed by atoms with Crippen molar-refractivity contribution in [2.24, 2.45) is 0 Å². The number of sulfone groups is 1. The molecular formula is C20H25N3O5S.